The second-order valence-corrected chi connectivity index (χ2v) is 7.95. The Bertz CT molecular complexity index is 380. The molecule has 2 unspecified atom stereocenters. The Morgan fingerprint density at radius 2 is 1.91 bits per heavy atom. The molecule has 2 N–H and O–H groups in total. The van der Waals surface area contributed by atoms with Crippen LogP contribution in [0.15, 0.2) is 0 Å². The summed E-state index contributed by atoms with van der Waals surface area (Å²) in [5.74, 6) is -0.539. The first-order valence-corrected chi connectivity index (χ1v) is 9.29. The van der Waals surface area contributed by atoms with E-state index < -0.39 is 11.4 Å². The number of alkyl halides is 2. The van der Waals surface area contributed by atoms with Gasteiger partial charge in [0.05, 0.1) is 23.6 Å². The van der Waals surface area contributed by atoms with E-state index in [9.17, 15) is 9.90 Å². The molecule has 5 nitrogen and oxygen atoms in total. The van der Waals surface area contributed by atoms with E-state index in [0.717, 1.165) is 0 Å². The second-order valence-electron chi connectivity index (χ2n) is 6.23. The van der Waals surface area contributed by atoms with Crippen molar-refractivity contribution in [2.45, 2.75) is 67.0 Å². The van der Waals surface area contributed by atoms with Crippen LogP contribution in [0.3, 0.4) is 0 Å². The SMILES string of the molecule is CCNC(=O)C(Br)CC(Cl)CC1(O)CCC2(CC1)OCCO2. The zero-order valence-corrected chi connectivity index (χ0v) is 15.3. The van der Waals surface area contributed by atoms with Gasteiger partial charge < -0.3 is 19.9 Å². The minimum atomic E-state index is -0.791. The first-order valence-electron chi connectivity index (χ1n) is 7.94. The highest BCUT2D eigenvalue weighted by Crippen LogP contribution is 2.42. The van der Waals surface area contributed by atoms with Crippen LogP contribution in [-0.2, 0) is 14.3 Å². The van der Waals surface area contributed by atoms with Gasteiger partial charge in [-0.05, 0) is 32.6 Å². The Balaban J connectivity index is 1.78. The monoisotopic (exact) mass is 397 g/mol. The van der Waals surface area contributed by atoms with Crippen LogP contribution < -0.4 is 5.32 Å². The van der Waals surface area contributed by atoms with E-state index in [4.69, 9.17) is 21.1 Å². The third-order valence-electron chi connectivity index (χ3n) is 4.46. The molecule has 1 spiro atoms. The first-order chi connectivity index (χ1) is 10.4. The van der Waals surface area contributed by atoms with E-state index in [1.165, 1.54) is 0 Å². The van der Waals surface area contributed by atoms with Crippen molar-refractivity contribution in [3.63, 3.8) is 0 Å². The number of carbonyl (C=O) groups is 1. The third kappa shape index (κ3) is 4.81. The molecule has 0 bridgehead atoms. The normalized spacial score (nSPS) is 25.8. The summed E-state index contributed by atoms with van der Waals surface area (Å²) in [4.78, 5) is 11.4. The highest BCUT2D eigenvalue weighted by molar-refractivity contribution is 9.10. The molecular formula is C15H25BrClNO4. The van der Waals surface area contributed by atoms with Gasteiger partial charge in [0.1, 0.15) is 0 Å². The molecule has 2 rings (SSSR count). The van der Waals surface area contributed by atoms with Gasteiger partial charge in [-0.1, -0.05) is 15.9 Å². The zero-order chi connectivity index (χ0) is 16.2. The summed E-state index contributed by atoms with van der Waals surface area (Å²) in [7, 11) is 0. The van der Waals surface area contributed by atoms with Crippen LogP contribution in [0.25, 0.3) is 0 Å². The summed E-state index contributed by atoms with van der Waals surface area (Å²) in [5.41, 5.74) is -0.791. The van der Waals surface area contributed by atoms with E-state index in [-0.39, 0.29) is 16.1 Å². The molecule has 2 fully saturated rings. The van der Waals surface area contributed by atoms with E-state index in [1.807, 2.05) is 6.92 Å². The molecule has 1 aliphatic carbocycles. The molecule has 0 aromatic rings. The van der Waals surface area contributed by atoms with Crippen LogP contribution in [0.2, 0.25) is 0 Å². The number of nitrogens with one attached hydrogen (secondary N) is 1. The highest BCUT2D eigenvalue weighted by Gasteiger charge is 2.46. The quantitative estimate of drug-likeness (QED) is 0.674. The van der Waals surface area contributed by atoms with Crippen LogP contribution in [0.5, 0.6) is 0 Å². The molecule has 0 aromatic heterocycles. The molecule has 1 amide bonds. The summed E-state index contributed by atoms with van der Waals surface area (Å²) < 4.78 is 11.4. The lowest BCUT2D eigenvalue weighted by molar-refractivity contribution is -0.203. The van der Waals surface area contributed by atoms with Crippen LogP contribution in [0.4, 0.5) is 0 Å². The van der Waals surface area contributed by atoms with Crippen LogP contribution in [0.1, 0.15) is 45.4 Å². The predicted molar refractivity (Wildman–Crippen MR) is 88.3 cm³/mol. The molecule has 2 atom stereocenters. The van der Waals surface area contributed by atoms with Crippen molar-refractivity contribution < 1.29 is 19.4 Å². The molecule has 22 heavy (non-hydrogen) atoms. The van der Waals surface area contributed by atoms with Gasteiger partial charge in [0.2, 0.25) is 5.91 Å². The number of rotatable bonds is 6. The van der Waals surface area contributed by atoms with Gasteiger partial charge in [-0.25, -0.2) is 0 Å². The summed E-state index contributed by atoms with van der Waals surface area (Å²) in [6.45, 7) is 3.74. The molecule has 0 radical (unpaired) electrons. The number of carbonyl (C=O) groups excluding carboxylic acids is 1. The van der Waals surface area contributed by atoms with Crippen molar-refractivity contribution >= 4 is 33.4 Å². The number of hydrogen-bond donors (Lipinski definition) is 2. The Morgan fingerprint density at radius 1 is 1.32 bits per heavy atom. The molecule has 2 aliphatic rings. The smallest absolute Gasteiger partial charge is 0.233 e. The van der Waals surface area contributed by atoms with Gasteiger partial charge in [0.15, 0.2) is 5.79 Å². The maximum atomic E-state index is 11.7. The average molecular weight is 399 g/mol. The fraction of sp³-hybridized carbons (Fsp3) is 0.933. The van der Waals surface area contributed by atoms with Gasteiger partial charge in [-0.2, -0.15) is 0 Å². The molecule has 1 saturated heterocycles. The molecule has 1 saturated carbocycles. The lowest BCUT2D eigenvalue weighted by Crippen LogP contribution is -2.45. The van der Waals surface area contributed by atoms with Gasteiger partial charge in [-0.3, -0.25) is 4.79 Å². The van der Waals surface area contributed by atoms with E-state index >= 15 is 0 Å². The van der Waals surface area contributed by atoms with Crippen molar-refractivity contribution in [1.82, 2.24) is 5.32 Å². The van der Waals surface area contributed by atoms with Crippen LogP contribution >= 0.6 is 27.5 Å². The predicted octanol–water partition coefficient (Wildman–Crippen LogP) is 2.32. The largest absolute Gasteiger partial charge is 0.390 e. The number of ether oxygens (including phenoxy) is 2. The Hall–Kier alpha value is 0.120. The summed E-state index contributed by atoms with van der Waals surface area (Å²) in [6, 6.07) is 0. The molecule has 0 aromatic carbocycles. The Labute approximate surface area is 145 Å². The first kappa shape index (κ1) is 18.5. The fourth-order valence-electron chi connectivity index (χ4n) is 3.20. The highest BCUT2D eigenvalue weighted by atomic mass is 79.9. The van der Waals surface area contributed by atoms with Crippen LogP contribution in [-0.4, -0.2) is 52.4 Å². The number of hydrogen-bond acceptors (Lipinski definition) is 4. The zero-order valence-electron chi connectivity index (χ0n) is 12.9. The van der Waals surface area contributed by atoms with Crippen molar-refractivity contribution in [1.29, 1.82) is 0 Å². The summed E-state index contributed by atoms with van der Waals surface area (Å²) in [6.07, 6.45) is 3.59. The average Bonchev–Trinajstić information content (AvgIpc) is 2.91. The third-order valence-corrected chi connectivity index (χ3v) is 5.58. The Kier molecular flexibility index (Phi) is 6.54. The van der Waals surface area contributed by atoms with Gasteiger partial charge in [0, 0.05) is 24.8 Å². The van der Waals surface area contributed by atoms with Crippen molar-refractivity contribution in [2.24, 2.45) is 0 Å². The van der Waals surface area contributed by atoms with Gasteiger partial charge in [-0.15, -0.1) is 11.6 Å². The summed E-state index contributed by atoms with van der Waals surface area (Å²) >= 11 is 9.72. The Morgan fingerprint density at radius 3 is 2.45 bits per heavy atom. The van der Waals surface area contributed by atoms with Crippen molar-refractivity contribution in [3.8, 4) is 0 Å². The maximum Gasteiger partial charge on any atom is 0.233 e. The molecule has 128 valence electrons. The fourth-order valence-corrected chi connectivity index (χ4v) is 4.49. The van der Waals surface area contributed by atoms with Gasteiger partial charge in [0.25, 0.3) is 0 Å². The molecular weight excluding hydrogens is 374 g/mol. The molecule has 7 heteroatoms. The van der Waals surface area contributed by atoms with Gasteiger partial charge >= 0.3 is 0 Å². The lowest BCUT2D eigenvalue weighted by atomic mass is 9.78. The summed E-state index contributed by atoms with van der Waals surface area (Å²) in [5, 5.41) is 13.2. The topological polar surface area (TPSA) is 67.8 Å². The lowest BCUT2D eigenvalue weighted by Gasteiger charge is -2.41. The van der Waals surface area contributed by atoms with E-state index in [1.54, 1.807) is 0 Å². The van der Waals surface area contributed by atoms with Crippen molar-refractivity contribution in [2.75, 3.05) is 19.8 Å². The van der Waals surface area contributed by atoms with Crippen molar-refractivity contribution in [3.05, 3.63) is 0 Å². The molecule has 1 aliphatic heterocycles. The van der Waals surface area contributed by atoms with Crippen LogP contribution in [0, 0.1) is 0 Å². The second kappa shape index (κ2) is 7.79. The number of halogens is 2. The minimum Gasteiger partial charge on any atom is -0.390 e. The van der Waals surface area contributed by atoms with E-state index in [0.29, 0.717) is 58.3 Å². The standard InChI is InChI=1S/C15H25BrClNO4/c1-2-18-13(19)12(16)9-11(17)10-14(20)3-5-15(6-4-14)21-7-8-22-15/h11-12,20H,2-10H2,1H3,(H,18,19). The minimum absolute atomic E-state index is 0.0597. The van der Waals surface area contributed by atoms with E-state index in [2.05, 4.69) is 21.2 Å². The molecule has 1 heterocycles. The maximum absolute atomic E-state index is 11.7. The number of aliphatic hydroxyl groups is 1. The number of amides is 1.